The second-order valence-corrected chi connectivity index (χ2v) is 5.90. The van der Waals surface area contributed by atoms with Crippen LogP contribution in [0.5, 0.6) is 0 Å². The van der Waals surface area contributed by atoms with Crippen LogP contribution in [0.4, 0.5) is 4.79 Å². The van der Waals surface area contributed by atoms with Crippen molar-refractivity contribution in [1.29, 1.82) is 0 Å². The summed E-state index contributed by atoms with van der Waals surface area (Å²) >= 11 is 0. The Bertz CT molecular complexity index is 369. The van der Waals surface area contributed by atoms with E-state index >= 15 is 0 Å². The number of rotatable bonds is 3. The van der Waals surface area contributed by atoms with Crippen LogP contribution < -0.4 is 0 Å². The average Bonchev–Trinajstić information content (AvgIpc) is 2.86. The molecule has 2 heterocycles. The molecule has 3 atom stereocenters. The van der Waals surface area contributed by atoms with E-state index in [1.165, 1.54) is 24.2 Å². The van der Waals surface area contributed by atoms with Gasteiger partial charge in [-0.3, -0.25) is 9.69 Å². The lowest BCUT2D eigenvalue weighted by Crippen LogP contribution is -2.41. The molecule has 2 saturated heterocycles. The van der Waals surface area contributed by atoms with E-state index in [1.807, 2.05) is 4.90 Å². The fourth-order valence-corrected chi connectivity index (χ4v) is 3.89. The van der Waals surface area contributed by atoms with Crippen LogP contribution in [0.2, 0.25) is 0 Å². The van der Waals surface area contributed by atoms with Gasteiger partial charge in [0, 0.05) is 12.6 Å². The zero-order chi connectivity index (χ0) is 12.7. The number of fused-ring (bicyclic) bond motifs is 3. The van der Waals surface area contributed by atoms with Crippen LogP contribution >= 0.6 is 0 Å². The smallest absolute Gasteiger partial charge is 0.309 e. The van der Waals surface area contributed by atoms with Gasteiger partial charge >= 0.3 is 6.03 Å². The highest BCUT2D eigenvalue weighted by molar-refractivity contribution is 6.04. The summed E-state index contributed by atoms with van der Waals surface area (Å²) in [5.74, 6) is 0.660. The molecule has 3 fully saturated rings. The molecule has 4 heteroatoms. The number of unbranched alkanes of at least 4 members (excludes halogenated alkanes) is 1. The van der Waals surface area contributed by atoms with E-state index in [-0.39, 0.29) is 18.0 Å². The Morgan fingerprint density at radius 1 is 1.22 bits per heavy atom. The molecule has 2 aliphatic heterocycles. The first-order chi connectivity index (χ1) is 8.74. The molecule has 3 unspecified atom stereocenters. The Morgan fingerprint density at radius 2 is 2.00 bits per heavy atom. The molecule has 18 heavy (non-hydrogen) atoms. The summed E-state index contributed by atoms with van der Waals surface area (Å²) in [5.41, 5.74) is 0. The van der Waals surface area contributed by atoms with Crippen molar-refractivity contribution in [2.24, 2.45) is 5.92 Å². The highest BCUT2D eigenvalue weighted by Gasteiger charge is 2.55. The average molecular weight is 250 g/mol. The third-order valence-corrected chi connectivity index (χ3v) is 4.83. The SMILES string of the molecule is CCCCN1C(=O)C2CC3CCCCC3N2C1=O. The summed E-state index contributed by atoms with van der Waals surface area (Å²) in [4.78, 5) is 28.1. The lowest BCUT2D eigenvalue weighted by Gasteiger charge is -2.30. The molecule has 3 rings (SSSR count). The van der Waals surface area contributed by atoms with Crippen LogP contribution in [0.1, 0.15) is 51.9 Å². The minimum atomic E-state index is -0.123. The minimum Gasteiger partial charge on any atom is -0.309 e. The molecule has 0 aromatic carbocycles. The second-order valence-electron chi connectivity index (χ2n) is 5.90. The number of hydrogen-bond acceptors (Lipinski definition) is 2. The van der Waals surface area contributed by atoms with Crippen LogP contribution in [0.3, 0.4) is 0 Å². The Morgan fingerprint density at radius 3 is 2.78 bits per heavy atom. The number of carbonyl (C=O) groups excluding carboxylic acids is 2. The summed E-state index contributed by atoms with van der Waals surface area (Å²) in [5, 5.41) is 0. The zero-order valence-electron chi connectivity index (χ0n) is 11.1. The lowest BCUT2D eigenvalue weighted by molar-refractivity contribution is -0.128. The molecule has 3 amide bonds. The van der Waals surface area contributed by atoms with E-state index in [4.69, 9.17) is 0 Å². The number of nitrogens with zero attached hydrogens (tertiary/aromatic N) is 2. The Labute approximate surface area is 108 Å². The quantitative estimate of drug-likeness (QED) is 0.722. The van der Waals surface area contributed by atoms with E-state index in [0.29, 0.717) is 18.5 Å². The lowest BCUT2D eigenvalue weighted by atomic mass is 9.84. The van der Waals surface area contributed by atoms with E-state index in [0.717, 1.165) is 25.7 Å². The minimum absolute atomic E-state index is 0.00662. The maximum Gasteiger partial charge on any atom is 0.327 e. The number of urea groups is 1. The Balaban J connectivity index is 1.77. The number of imide groups is 1. The zero-order valence-corrected chi connectivity index (χ0v) is 11.1. The number of hydrogen-bond donors (Lipinski definition) is 0. The molecule has 1 aliphatic carbocycles. The van der Waals surface area contributed by atoms with Gasteiger partial charge in [-0.25, -0.2) is 4.79 Å². The third-order valence-electron chi connectivity index (χ3n) is 4.83. The van der Waals surface area contributed by atoms with E-state index in [1.54, 1.807) is 0 Å². The second kappa shape index (κ2) is 4.56. The molecule has 0 radical (unpaired) electrons. The van der Waals surface area contributed by atoms with E-state index < -0.39 is 0 Å². The van der Waals surface area contributed by atoms with Crippen LogP contribution in [0.25, 0.3) is 0 Å². The van der Waals surface area contributed by atoms with Crippen molar-refractivity contribution in [3.63, 3.8) is 0 Å². The molecule has 0 bridgehead atoms. The van der Waals surface area contributed by atoms with E-state index in [2.05, 4.69) is 6.92 Å². The number of carbonyl (C=O) groups is 2. The van der Waals surface area contributed by atoms with Crippen LogP contribution in [0.15, 0.2) is 0 Å². The van der Waals surface area contributed by atoms with E-state index in [9.17, 15) is 9.59 Å². The first-order valence-corrected chi connectivity index (χ1v) is 7.37. The fourth-order valence-electron chi connectivity index (χ4n) is 3.89. The Hall–Kier alpha value is -1.06. The summed E-state index contributed by atoms with van der Waals surface area (Å²) in [6, 6.07) is 0.224. The topological polar surface area (TPSA) is 40.6 Å². The molecule has 3 aliphatic rings. The molecule has 0 spiro atoms. The van der Waals surface area contributed by atoms with Crippen LogP contribution in [-0.2, 0) is 4.79 Å². The van der Waals surface area contributed by atoms with Crippen LogP contribution in [-0.4, -0.2) is 40.4 Å². The van der Waals surface area contributed by atoms with Gasteiger partial charge in [0.05, 0.1) is 0 Å². The van der Waals surface area contributed by atoms with Crippen molar-refractivity contribution in [2.75, 3.05) is 6.54 Å². The van der Waals surface area contributed by atoms with Gasteiger partial charge < -0.3 is 4.90 Å². The maximum absolute atomic E-state index is 12.4. The standard InChI is InChI=1S/C14H22N2O2/c1-2-3-8-15-13(17)12-9-10-6-4-5-7-11(10)16(12)14(15)18/h10-12H,2-9H2,1H3. The monoisotopic (exact) mass is 250 g/mol. The van der Waals surface area contributed by atoms with Crippen molar-refractivity contribution in [3.8, 4) is 0 Å². The summed E-state index contributed by atoms with van der Waals surface area (Å²) in [7, 11) is 0. The van der Waals surface area contributed by atoms with Crippen molar-refractivity contribution in [2.45, 2.75) is 64.0 Å². The molecular weight excluding hydrogens is 228 g/mol. The Kier molecular flexibility index (Phi) is 3.04. The van der Waals surface area contributed by atoms with Gasteiger partial charge in [0.1, 0.15) is 6.04 Å². The van der Waals surface area contributed by atoms with Gasteiger partial charge in [-0.05, 0) is 31.6 Å². The molecule has 0 N–H and O–H groups in total. The highest BCUT2D eigenvalue weighted by Crippen LogP contribution is 2.43. The van der Waals surface area contributed by atoms with Crippen molar-refractivity contribution in [1.82, 2.24) is 9.80 Å². The third kappa shape index (κ3) is 1.65. The van der Waals surface area contributed by atoms with Crippen LogP contribution in [0, 0.1) is 5.92 Å². The molecule has 0 aromatic heterocycles. The first kappa shape index (κ1) is 12.0. The van der Waals surface area contributed by atoms with Gasteiger partial charge in [-0.15, -0.1) is 0 Å². The van der Waals surface area contributed by atoms with Crippen molar-refractivity contribution in [3.05, 3.63) is 0 Å². The predicted octanol–water partition coefficient (Wildman–Crippen LogP) is 2.38. The number of amides is 3. The summed E-state index contributed by atoms with van der Waals surface area (Å²) in [6.07, 6.45) is 7.64. The molecular formula is C14H22N2O2. The fraction of sp³-hybridized carbons (Fsp3) is 0.857. The maximum atomic E-state index is 12.4. The van der Waals surface area contributed by atoms with Crippen molar-refractivity contribution >= 4 is 11.9 Å². The summed E-state index contributed by atoms with van der Waals surface area (Å²) in [6.45, 7) is 2.70. The largest absolute Gasteiger partial charge is 0.327 e. The van der Waals surface area contributed by atoms with Gasteiger partial charge in [-0.2, -0.15) is 0 Å². The van der Waals surface area contributed by atoms with Gasteiger partial charge in [0.2, 0.25) is 0 Å². The van der Waals surface area contributed by atoms with Gasteiger partial charge in [0.15, 0.2) is 0 Å². The molecule has 4 nitrogen and oxygen atoms in total. The van der Waals surface area contributed by atoms with Gasteiger partial charge in [0.25, 0.3) is 5.91 Å². The highest BCUT2D eigenvalue weighted by atomic mass is 16.2. The molecule has 0 aromatic rings. The molecule has 1 saturated carbocycles. The predicted molar refractivity (Wildman–Crippen MR) is 68.0 cm³/mol. The normalized spacial score (nSPS) is 35.1. The molecule has 100 valence electrons. The first-order valence-electron chi connectivity index (χ1n) is 7.37. The van der Waals surface area contributed by atoms with Gasteiger partial charge in [-0.1, -0.05) is 26.2 Å². The summed E-state index contributed by atoms with van der Waals surface area (Å²) < 4.78 is 0. The van der Waals surface area contributed by atoms with Crippen molar-refractivity contribution < 1.29 is 9.59 Å².